The maximum Gasteiger partial charge on any atom is 0.223 e. The molecule has 13 heavy (non-hydrogen) atoms. The Morgan fingerprint density at radius 2 is 2.00 bits per heavy atom. The van der Waals surface area contributed by atoms with Crippen molar-refractivity contribution in [3.63, 3.8) is 0 Å². The molecule has 2 nitrogen and oxygen atoms in total. The van der Waals surface area contributed by atoms with Crippen molar-refractivity contribution < 1.29 is 4.79 Å². The Morgan fingerprint density at radius 3 is 2.38 bits per heavy atom. The molecule has 0 unspecified atom stereocenters. The summed E-state index contributed by atoms with van der Waals surface area (Å²) < 4.78 is 0. The Morgan fingerprint density at radius 1 is 1.38 bits per heavy atom. The lowest BCUT2D eigenvalue weighted by Crippen LogP contribution is -2.39. The molecule has 0 aliphatic carbocycles. The van der Waals surface area contributed by atoms with Crippen molar-refractivity contribution in [1.29, 1.82) is 0 Å². The highest BCUT2D eigenvalue weighted by atomic mass is 16.2. The highest BCUT2D eigenvalue weighted by Crippen LogP contribution is 2.29. The van der Waals surface area contributed by atoms with E-state index < -0.39 is 0 Å². The molecule has 0 N–H and O–H groups in total. The highest BCUT2D eigenvalue weighted by Gasteiger charge is 2.35. The first-order chi connectivity index (χ1) is 6.07. The zero-order valence-electron chi connectivity index (χ0n) is 9.21. The van der Waals surface area contributed by atoms with Crippen LogP contribution in [0.2, 0.25) is 0 Å². The summed E-state index contributed by atoms with van der Waals surface area (Å²) in [4.78, 5) is 13.8. The van der Waals surface area contributed by atoms with Gasteiger partial charge < -0.3 is 4.90 Å². The number of carbonyl (C=O) groups is 1. The summed E-state index contributed by atoms with van der Waals surface area (Å²) in [6.07, 6.45) is 2.83. The summed E-state index contributed by atoms with van der Waals surface area (Å²) in [5.41, 5.74) is 0. The van der Waals surface area contributed by atoms with Crippen molar-refractivity contribution in [1.82, 2.24) is 4.90 Å². The van der Waals surface area contributed by atoms with Crippen LogP contribution in [0, 0.1) is 5.92 Å². The fourth-order valence-electron chi connectivity index (χ4n) is 2.34. The van der Waals surface area contributed by atoms with Crippen LogP contribution < -0.4 is 0 Å². The van der Waals surface area contributed by atoms with Gasteiger partial charge >= 0.3 is 0 Å². The first kappa shape index (κ1) is 10.6. The maximum absolute atomic E-state index is 11.7. The normalized spacial score (nSPS) is 33.8. The number of hydrogen-bond donors (Lipinski definition) is 0. The van der Waals surface area contributed by atoms with Gasteiger partial charge in [0.2, 0.25) is 5.91 Å². The van der Waals surface area contributed by atoms with E-state index in [0.717, 1.165) is 12.8 Å². The van der Waals surface area contributed by atoms with Crippen LogP contribution in [-0.2, 0) is 4.79 Å². The molecule has 1 fully saturated rings. The van der Waals surface area contributed by atoms with Gasteiger partial charge in [0.05, 0.1) is 0 Å². The maximum atomic E-state index is 11.7. The lowest BCUT2D eigenvalue weighted by molar-refractivity contribution is -0.133. The number of likely N-dealkylation sites (tertiary alicyclic amines) is 1. The molecule has 2 heteroatoms. The van der Waals surface area contributed by atoms with Crippen molar-refractivity contribution in [3.8, 4) is 0 Å². The second kappa shape index (κ2) is 4.12. The molecule has 0 radical (unpaired) electrons. The van der Waals surface area contributed by atoms with Crippen LogP contribution in [0.25, 0.3) is 0 Å². The molecule has 0 bridgehead atoms. The summed E-state index contributed by atoms with van der Waals surface area (Å²) >= 11 is 0. The number of amides is 1. The zero-order chi connectivity index (χ0) is 10.0. The molecule has 0 aromatic heterocycles. The Hall–Kier alpha value is -0.530. The topological polar surface area (TPSA) is 20.3 Å². The summed E-state index contributed by atoms with van der Waals surface area (Å²) in [7, 11) is 0. The van der Waals surface area contributed by atoms with E-state index >= 15 is 0 Å². The minimum Gasteiger partial charge on any atom is -0.337 e. The average Bonchev–Trinajstić information content (AvgIpc) is 2.27. The van der Waals surface area contributed by atoms with Crippen LogP contribution >= 0.6 is 0 Å². The van der Waals surface area contributed by atoms with Gasteiger partial charge in [-0.1, -0.05) is 13.8 Å². The lowest BCUT2D eigenvalue weighted by atomic mass is 10.0. The lowest BCUT2D eigenvalue weighted by Gasteiger charge is -2.27. The van der Waals surface area contributed by atoms with Crippen LogP contribution in [0.1, 0.15) is 47.0 Å². The van der Waals surface area contributed by atoms with E-state index in [1.165, 1.54) is 0 Å². The zero-order valence-corrected chi connectivity index (χ0v) is 9.21. The van der Waals surface area contributed by atoms with E-state index in [2.05, 4.69) is 32.6 Å². The van der Waals surface area contributed by atoms with Crippen LogP contribution in [0.15, 0.2) is 0 Å². The van der Waals surface area contributed by atoms with Gasteiger partial charge in [-0.05, 0) is 32.6 Å². The van der Waals surface area contributed by atoms with Crippen LogP contribution in [0.3, 0.4) is 0 Å². The SMILES string of the molecule is CCCC(=O)N1[C@H](C)C[C@@H](C)[C@@H]1C. The fraction of sp³-hybridized carbons (Fsp3) is 0.909. The van der Waals surface area contributed by atoms with E-state index in [0.29, 0.717) is 30.3 Å². The van der Waals surface area contributed by atoms with Gasteiger partial charge in [0.15, 0.2) is 0 Å². The molecule has 1 saturated heterocycles. The number of nitrogens with zero attached hydrogens (tertiary/aromatic N) is 1. The molecule has 1 aliphatic heterocycles. The van der Waals surface area contributed by atoms with E-state index in [-0.39, 0.29) is 0 Å². The van der Waals surface area contributed by atoms with Gasteiger partial charge in [-0.25, -0.2) is 0 Å². The van der Waals surface area contributed by atoms with Crippen molar-refractivity contribution in [2.24, 2.45) is 5.92 Å². The molecule has 0 aromatic rings. The van der Waals surface area contributed by atoms with Gasteiger partial charge in [-0.15, -0.1) is 0 Å². The minimum atomic E-state index is 0.340. The van der Waals surface area contributed by atoms with Crippen molar-refractivity contribution in [2.45, 2.75) is 59.0 Å². The third-order valence-electron chi connectivity index (χ3n) is 3.20. The quantitative estimate of drug-likeness (QED) is 0.644. The molecular formula is C11H21NO. The van der Waals surface area contributed by atoms with Crippen LogP contribution in [0.5, 0.6) is 0 Å². The van der Waals surface area contributed by atoms with Gasteiger partial charge in [-0.2, -0.15) is 0 Å². The van der Waals surface area contributed by atoms with Crippen molar-refractivity contribution in [2.75, 3.05) is 0 Å². The predicted molar refractivity (Wildman–Crippen MR) is 54.5 cm³/mol. The second-order valence-corrected chi connectivity index (χ2v) is 4.35. The van der Waals surface area contributed by atoms with E-state index in [4.69, 9.17) is 0 Å². The highest BCUT2D eigenvalue weighted by molar-refractivity contribution is 5.77. The van der Waals surface area contributed by atoms with Gasteiger partial charge in [0.25, 0.3) is 0 Å². The molecule has 3 atom stereocenters. The molecule has 1 heterocycles. The molecule has 0 spiro atoms. The van der Waals surface area contributed by atoms with Crippen LogP contribution in [-0.4, -0.2) is 22.9 Å². The first-order valence-corrected chi connectivity index (χ1v) is 5.39. The summed E-state index contributed by atoms with van der Waals surface area (Å²) in [5.74, 6) is 1.00. The summed E-state index contributed by atoms with van der Waals surface area (Å²) in [6, 6.07) is 0.887. The van der Waals surface area contributed by atoms with E-state index in [1.807, 2.05) is 0 Å². The summed E-state index contributed by atoms with van der Waals surface area (Å²) in [5, 5.41) is 0. The minimum absolute atomic E-state index is 0.340. The number of rotatable bonds is 2. The first-order valence-electron chi connectivity index (χ1n) is 5.39. The molecule has 76 valence electrons. The van der Waals surface area contributed by atoms with Gasteiger partial charge in [0.1, 0.15) is 0 Å². The molecule has 0 saturated carbocycles. The molecule has 1 rings (SSSR count). The summed E-state index contributed by atoms with van der Waals surface area (Å²) in [6.45, 7) is 8.63. The molecule has 1 amide bonds. The Balaban J connectivity index is 2.62. The van der Waals surface area contributed by atoms with Crippen molar-refractivity contribution >= 4 is 5.91 Å². The van der Waals surface area contributed by atoms with Gasteiger partial charge in [0, 0.05) is 18.5 Å². The third kappa shape index (κ3) is 2.04. The predicted octanol–water partition coefficient (Wildman–Crippen LogP) is 2.43. The van der Waals surface area contributed by atoms with Crippen molar-refractivity contribution in [3.05, 3.63) is 0 Å². The Bertz CT molecular complexity index is 191. The standard InChI is InChI=1S/C11H21NO/c1-5-6-11(13)12-9(3)7-8(2)10(12)4/h8-10H,5-7H2,1-4H3/t8-,9-,10+/m1/s1. The van der Waals surface area contributed by atoms with Crippen LogP contribution in [0.4, 0.5) is 0 Å². The number of carbonyl (C=O) groups excluding carboxylic acids is 1. The van der Waals surface area contributed by atoms with E-state index in [1.54, 1.807) is 0 Å². The monoisotopic (exact) mass is 183 g/mol. The van der Waals surface area contributed by atoms with Gasteiger partial charge in [-0.3, -0.25) is 4.79 Å². The molecule has 1 aliphatic rings. The Labute approximate surface area is 81.3 Å². The smallest absolute Gasteiger partial charge is 0.223 e. The number of hydrogen-bond acceptors (Lipinski definition) is 1. The van der Waals surface area contributed by atoms with E-state index in [9.17, 15) is 4.79 Å². The molecule has 0 aromatic carbocycles. The average molecular weight is 183 g/mol. The second-order valence-electron chi connectivity index (χ2n) is 4.35. The fourth-order valence-corrected chi connectivity index (χ4v) is 2.34. The Kier molecular flexibility index (Phi) is 3.34. The molecular weight excluding hydrogens is 162 g/mol. The third-order valence-corrected chi connectivity index (χ3v) is 3.20. The largest absolute Gasteiger partial charge is 0.337 e.